The summed E-state index contributed by atoms with van der Waals surface area (Å²) in [5.74, 6) is 1.09. The molecule has 0 spiro atoms. The molecule has 3 heteroatoms. The Morgan fingerprint density at radius 1 is 1.37 bits per heavy atom. The van der Waals surface area contributed by atoms with Crippen LogP contribution < -0.4 is 0 Å². The van der Waals surface area contributed by atoms with Crippen molar-refractivity contribution in [2.45, 2.75) is 51.7 Å². The van der Waals surface area contributed by atoms with Crippen molar-refractivity contribution in [1.29, 1.82) is 0 Å². The Balaban J connectivity index is 2.08. The zero-order valence-corrected chi connectivity index (χ0v) is 12.1. The molecule has 0 aromatic carbocycles. The molecular formula is C16H24O3. The quantitative estimate of drug-likeness (QED) is 0.683. The topological polar surface area (TPSA) is 46.5 Å². The van der Waals surface area contributed by atoms with Crippen LogP contribution in [0.1, 0.15) is 40.0 Å². The molecule has 3 nitrogen and oxygen atoms in total. The normalized spacial score (nSPS) is 53.6. The van der Waals surface area contributed by atoms with E-state index < -0.39 is 17.1 Å². The van der Waals surface area contributed by atoms with E-state index in [1.165, 1.54) is 0 Å². The van der Waals surface area contributed by atoms with E-state index in [1.54, 1.807) is 0 Å². The lowest BCUT2D eigenvalue weighted by Gasteiger charge is -2.58. The molecule has 2 aliphatic carbocycles. The van der Waals surface area contributed by atoms with Crippen molar-refractivity contribution in [3.63, 3.8) is 0 Å². The maximum atomic E-state index is 12.6. The number of Topliss-reactive ketones (excluding diaryl/α,β-unsaturated/α-hetero) is 1. The molecule has 3 aliphatic rings. The minimum Gasteiger partial charge on any atom is -0.393 e. The van der Waals surface area contributed by atoms with Crippen LogP contribution in [0.4, 0.5) is 0 Å². The molecule has 0 unspecified atom stereocenters. The lowest BCUT2D eigenvalue weighted by molar-refractivity contribution is -0.193. The van der Waals surface area contributed by atoms with Crippen molar-refractivity contribution >= 4 is 5.78 Å². The Morgan fingerprint density at radius 2 is 2.11 bits per heavy atom. The van der Waals surface area contributed by atoms with Gasteiger partial charge in [0.15, 0.2) is 0 Å². The molecule has 1 saturated heterocycles. The summed E-state index contributed by atoms with van der Waals surface area (Å²) < 4.78 is 5.95. The zero-order chi connectivity index (χ0) is 13.8. The Morgan fingerprint density at radius 3 is 2.84 bits per heavy atom. The highest BCUT2D eigenvalue weighted by Crippen LogP contribution is 2.56. The van der Waals surface area contributed by atoms with Crippen molar-refractivity contribution < 1.29 is 14.6 Å². The molecular weight excluding hydrogens is 240 g/mol. The van der Waals surface area contributed by atoms with Gasteiger partial charge in [0.2, 0.25) is 0 Å². The summed E-state index contributed by atoms with van der Waals surface area (Å²) in [6.45, 7) is 6.69. The Kier molecular flexibility index (Phi) is 2.92. The van der Waals surface area contributed by atoms with Gasteiger partial charge in [0.25, 0.3) is 0 Å². The van der Waals surface area contributed by atoms with Crippen molar-refractivity contribution in [2.75, 3.05) is 6.61 Å². The average molecular weight is 264 g/mol. The molecule has 0 radical (unpaired) electrons. The Hall–Kier alpha value is -0.670. The predicted octanol–water partition coefficient (Wildman–Crippen LogP) is 2.33. The Labute approximate surface area is 115 Å². The van der Waals surface area contributed by atoms with Crippen LogP contribution >= 0.6 is 0 Å². The zero-order valence-electron chi connectivity index (χ0n) is 12.1. The summed E-state index contributed by atoms with van der Waals surface area (Å²) in [4.78, 5) is 12.6. The molecule has 1 N–H and O–H groups in total. The van der Waals surface area contributed by atoms with Crippen LogP contribution in [0.3, 0.4) is 0 Å². The summed E-state index contributed by atoms with van der Waals surface area (Å²) in [7, 11) is 0. The number of hydrogen-bond donors (Lipinski definition) is 1. The van der Waals surface area contributed by atoms with Crippen molar-refractivity contribution in [3.05, 3.63) is 12.2 Å². The standard InChI is InChI=1S/C16H24O3/c1-10-8-11-4-6-15(2)16(3,13(18)5-7-19-15)14(11)12(17)9-10/h4,6,10-12,14,17H,5,7-9H2,1-3H3/t10-,11+,12+,14-,15-,16-/m1/s1. The molecule has 6 atom stereocenters. The first kappa shape index (κ1) is 13.3. The molecule has 19 heavy (non-hydrogen) atoms. The fraction of sp³-hybridized carbons (Fsp3) is 0.812. The second-order valence-corrected chi connectivity index (χ2v) is 7.02. The van der Waals surface area contributed by atoms with E-state index in [0.717, 1.165) is 12.8 Å². The second kappa shape index (κ2) is 4.16. The van der Waals surface area contributed by atoms with Gasteiger partial charge in [0.1, 0.15) is 5.78 Å². The number of rotatable bonds is 0. The summed E-state index contributed by atoms with van der Waals surface area (Å²) in [5.41, 5.74) is -1.13. The van der Waals surface area contributed by atoms with Crippen molar-refractivity contribution in [2.24, 2.45) is 23.2 Å². The van der Waals surface area contributed by atoms with Crippen LogP contribution in [0.5, 0.6) is 0 Å². The maximum absolute atomic E-state index is 12.6. The van der Waals surface area contributed by atoms with Crippen molar-refractivity contribution in [1.82, 2.24) is 0 Å². The average Bonchev–Trinajstić information content (AvgIpc) is 2.32. The van der Waals surface area contributed by atoms with Crippen LogP contribution in [-0.2, 0) is 9.53 Å². The second-order valence-electron chi connectivity index (χ2n) is 7.02. The molecule has 2 fully saturated rings. The van der Waals surface area contributed by atoms with Crippen molar-refractivity contribution in [3.8, 4) is 0 Å². The smallest absolute Gasteiger partial charge is 0.144 e. The molecule has 1 aliphatic heterocycles. The van der Waals surface area contributed by atoms with Gasteiger partial charge in [-0.2, -0.15) is 0 Å². The van der Waals surface area contributed by atoms with Gasteiger partial charge in [-0.25, -0.2) is 0 Å². The third-order valence-corrected chi connectivity index (χ3v) is 5.86. The summed E-state index contributed by atoms with van der Waals surface area (Å²) in [6, 6.07) is 0. The minimum atomic E-state index is -0.579. The van der Waals surface area contributed by atoms with Gasteiger partial charge >= 0.3 is 0 Å². The summed E-state index contributed by atoms with van der Waals surface area (Å²) >= 11 is 0. The maximum Gasteiger partial charge on any atom is 0.144 e. The van der Waals surface area contributed by atoms with E-state index in [1.807, 2.05) is 13.8 Å². The lowest BCUT2D eigenvalue weighted by atomic mass is 9.50. The van der Waals surface area contributed by atoms with Gasteiger partial charge in [0, 0.05) is 12.3 Å². The highest BCUT2D eigenvalue weighted by atomic mass is 16.5. The molecule has 1 saturated carbocycles. The molecule has 3 rings (SSSR count). The highest BCUT2D eigenvalue weighted by molar-refractivity contribution is 5.88. The van der Waals surface area contributed by atoms with Crippen LogP contribution in [0.2, 0.25) is 0 Å². The number of ether oxygens (including phenoxy) is 1. The largest absolute Gasteiger partial charge is 0.393 e. The number of carbonyl (C=O) groups excluding carboxylic acids is 1. The van der Waals surface area contributed by atoms with Gasteiger partial charge < -0.3 is 9.84 Å². The number of aliphatic hydroxyl groups excluding tert-OH is 1. The SMILES string of the molecule is C[C@H]1C[C@H](O)[C@H]2[C@@H](C=C[C@@]3(C)OCCC(=O)[C@]23C)C1. The predicted molar refractivity (Wildman–Crippen MR) is 72.6 cm³/mol. The number of allylic oxidation sites excluding steroid dienone is 1. The molecule has 0 aromatic rings. The third-order valence-electron chi connectivity index (χ3n) is 5.86. The van der Waals surface area contributed by atoms with E-state index in [9.17, 15) is 9.90 Å². The lowest BCUT2D eigenvalue weighted by Crippen LogP contribution is -2.64. The number of fused-ring (bicyclic) bond motifs is 3. The minimum absolute atomic E-state index is 0.00602. The van der Waals surface area contributed by atoms with E-state index >= 15 is 0 Å². The number of aliphatic hydroxyl groups is 1. The first-order valence-electron chi connectivity index (χ1n) is 7.43. The third kappa shape index (κ3) is 1.67. The first-order valence-corrected chi connectivity index (χ1v) is 7.43. The van der Waals surface area contributed by atoms with Gasteiger partial charge in [0.05, 0.1) is 23.7 Å². The fourth-order valence-corrected chi connectivity index (χ4v) is 4.65. The monoisotopic (exact) mass is 264 g/mol. The van der Waals surface area contributed by atoms with Gasteiger partial charge in [-0.05, 0) is 38.5 Å². The van der Waals surface area contributed by atoms with Crippen LogP contribution in [0.25, 0.3) is 0 Å². The van der Waals surface area contributed by atoms with E-state index in [-0.39, 0.29) is 11.7 Å². The van der Waals surface area contributed by atoms with Gasteiger partial charge in [-0.15, -0.1) is 0 Å². The van der Waals surface area contributed by atoms with E-state index in [0.29, 0.717) is 24.9 Å². The molecule has 1 heterocycles. The molecule has 0 aromatic heterocycles. The highest BCUT2D eigenvalue weighted by Gasteiger charge is 2.62. The van der Waals surface area contributed by atoms with Gasteiger partial charge in [-0.1, -0.05) is 19.1 Å². The fourth-order valence-electron chi connectivity index (χ4n) is 4.65. The van der Waals surface area contributed by atoms with Crippen LogP contribution in [-0.4, -0.2) is 29.2 Å². The Bertz CT molecular complexity index is 430. The van der Waals surface area contributed by atoms with E-state index in [4.69, 9.17) is 4.74 Å². The van der Waals surface area contributed by atoms with E-state index in [2.05, 4.69) is 19.1 Å². The summed E-state index contributed by atoms with van der Waals surface area (Å²) in [6.07, 6.45) is 6.21. The number of ketones is 1. The molecule has 0 amide bonds. The molecule has 106 valence electrons. The first-order chi connectivity index (χ1) is 8.88. The van der Waals surface area contributed by atoms with Crippen LogP contribution in [0.15, 0.2) is 12.2 Å². The summed E-state index contributed by atoms with van der Waals surface area (Å²) in [5, 5.41) is 10.6. The van der Waals surface area contributed by atoms with Gasteiger partial charge in [-0.3, -0.25) is 4.79 Å². The number of carbonyl (C=O) groups is 1. The number of hydrogen-bond acceptors (Lipinski definition) is 3. The molecule has 0 bridgehead atoms. The van der Waals surface area contributed by atoms with Crippen LogP contribution in [0, 0.1) is 23.2 Å².